The molecule has 2 N–H and O–H groups in total. The van der Waals surface area contributed by atoms with Crippen molar-refractivity contribution in [3.8, 4) is 11.5 Å². The highest BCUT2D eigenvalue weighted by Crippen LogP contribution is 2.40. The maximum absolute atomic E-state index is 14.3. The van der Waals surface area contributed by atoms with Crippen LogP contribution in [0.3, 0.4) is 0 Å². The van der Waals surface area contributed by atoms with Crippen LogP contribution in [0.25, 0.3) is 0 Å². The molecule has 16 heteroatoms. The number of likely N-dealkylation sites (N-methyl/N-ethyl adjacent to an activating group) is 2. The zero-order valence-electron chi connectivity index (χ0n) is 27.7. The molecule has 5 fully saturated rings. The van der Waals surface area contributed by atoms with Crippen molar-refractivity contribution in [2.24, 2.45) is 9.98 Å². The summed E-state index contributed by atoms with van der Waals surface area (Å²) in [5.74, 6) is 4.07. The van der Waals surface area contributed by atoms with Crippen LogP contribution in [-0.4, -0.2) is 164 Å². The summed E-state index contributed by atoms with van der Waals surface area (Å²) in [7, 11) is 7.51. The first kappa shape index (κ1) is 34.3. The van der Waals surface area contributed by atoms with Gasteiger partial charge < -0.3 is 29.5 Å². The molecule has 9 rings (SSSR count). The number of amides is 2. The standard InChI is InChI=1S/C34H40N6O6S4/c1-37-19(15-47-33(37)23-13-45-29(35-23)21-7-3-5-9-27(21)41)11-39-25-17-49-50-18-26(31(39)43)40(32(25)44)12-20-16-48-34(38(20)2)24-14-46-30(36-24)22-8-4-6-10-28(22)42/h3-10,19-20,23-26,33-34,41-42H,11-18H2,1-2H3/t19-,20-,23-,24-,25-,26+,33-,34-/m0/s1. The van der Waals surface area contributed by atoms with Gasteiger partial charge in [-0.05, 0) is 38.4 Å². The van der Waals surface area contributed by atoms with Gasteiger partial charge in [-0.3, -0.25) is 19.4 Å². The van der Waals surface area contributed by atoms with Crippen LogP contribution in [0, 0.1) is 0 Å². The van der Waals surface area contributed by atoms with Crippen LogP contribution in [0.2, 0.25) is 0 Å². The molecule has 0 saturated carbocycles. The fourth-order valence-corrected chi connectivity index (χ4v) is 13.0. The number of para-hydroxylation sites is 2. The molecule has 2 aromatic rings. The van der Waals surface area contributed by atoms with E-state index in [-0.39, 0.29) is 58.2 Å². The zero-order valence-corrected chi connectivity index (χ0v) is 31.0. The number of rotatable bonds is 8. The van der Waals surface area contributed by atoms with Crippen LogP contribution >= 0.6 is 45.1 Å². The highest BCUT2D eigenvalue weighted by molar-refractivity contribution is 8.76. The molecule has 50 heavy (non-hydrogen) atoms. The fraction of sp³-hybridized carbons (Fsp3) is 0.529. The molecule has 0 unspecified atom stereocenters. The first-order valence-corrected chi connectivity index (χ1v) is 21.4. The van der Waals surface area contributed by atoms with Gasteiger partial charge in [0.05, 0.1) is 21.9 Å². The maximum Gasteiger partial charge on any atom is 0.247 e. The van der Waals surface area contributed by atoms with Gasteiger partial charge in [0.15, 0.2) is 0 Å². The van der Waals surface area contributed by atoms with Crippen molar-refractivity contribution in [2.75, 3.05) is 63.4 Å². The largest absolute Gasteiger partial charge is 0.507 e. The molecule has 0 aliphatic carbocycles. The van der Waals surface area contributed by atoms with Crippen molar-refractivity contribution < 1.29 is 29.3 Å². The summed E-state index contributed by atoms with van der Waals surface area (Å²) in [5.41, 5.74) is 1.19. The Bertz CT molecular complexity index is 1580. The molecule has 5 saturated heterocycles. The Labute approximate surface area is 307 Å². The molecule has 0 aromatic heterocycles. The summed E-state index contributed by atoms with van der Waals surface area (Å²) in [4.78, 5) is 46.5. The van der Waals surface area contributed by atoms with Gasteiger partial charge in [0.2, 0.25) is 23.6 Å². The monoisotopic (exact) mass is 756 g/mol. The van der Waals surface area contributed by atoms with Crippen LogP contribution < -0.4 is 0 Å². The van der Waals surface area contributed by atoms with Gasteiger partial charge in [-0.2, -0.15) is 0 Å². The Kier molecular flexibility index (Phi) is 9.85. The van der Waals surface area contributed by atoms with Crippen LogP contribution in [0.15, 0.2) is 58.5 Å². The third kappa shape index (κ3) is 6.33. The minimum absolute atomic E-state index is 0.0410. The number of fused-ring (bicyclic) bond motifs is 5. The van der Waals surface area contributed by atoms with E-state index >= 15 is 0 Å². The summed E-state index contributed by atoms with van der Waals surface area (Å²) in [5, 5.41) is 20.7. The molecular formula is C34H40N6O6S4. The number of carbonyl (C=O) groups is 2. The first-order valence-electron chi connectivity index (χ1n) is 16.8. The van der Waals surface area contributed by atoms with Gasteiger partial charge in [-0.25, -0.2) is 9.98 Å². The predicted octanol–water partition coefficient (Wildman–Crippen LogP) is 2.64. The smallest absolute Gasteiger partial charge is 0.247 e. The molecule has 7 heterocycles. The summed E-state index contributed by atoms with van der Waals surface area (Å²) in [6.45, 7) is 1.85. The minimum atomic E-state index is -0.501. The van der Waals surface area contributed by atoms with Crippen LogP contribution in [0.4, 0.5) is 0 Å². The molecule has 0 spiro atoms. The van der Waals surface area contributed by atoms with Gasteiger partial charge in [-0.15, -0.1) is 23.5 Å². The third-order valence-electron chi connectivity index (χ3n) is 10.4. The lowest BCUT2D eigenvalue weighted by molar-refractivity contribution is -0.161. The Balaban J connectivity index is 0.920. The summed E-state index contributed by atoms with van der Waals surface area (Å²) >= 11 is 3.61. The highest BCUT2D eigenvalue weighted by Gasteiger charge is 2.51. The number of aromatic hydroxyl groups is 2. The Hall–Kier alpha value is -2.76. The number of benzene rings is 2. The van der Waals surface area contributed by atoms with E-state index in [2.05, 4.69) is 23.9 Å². The maximum atomic E-state index is 14.3. The second-order valence-corrected chi connectivity index (χ2v) is 18.2. The van der Waals surface area contributed by atoms with Gasteiger partial charge >= 0.3 is 0 Å². The summed E-state index contributed by atoms with van der Waals surface area (Å²) in [6.07, 6.45) is 0. The molecule has 8 atom stereocenters. The second-order valence-electron chi connectivity index (χ2n) is 13.3. The first-order chi connectivity index (χ1) is 24.3. The van der Waals surface area contributed by atoms with Crippen molar-refractivity contribution in [3.63, 3.8) is 0 Å². The number of phenolic OH excluding ortho intramolecular Hbond substituents is 2. The van der Waals surface area contributed by atoms with E-state index in [0.717, 1.165) is 11.5 Å². The number of aliphatic imine (C=N–C) groups is 2. The number of piperazine rings is 1. The van der Waals surface area contributed by atoms with Crippen molar-refractivity contribution in [1.29, 1.82) is 0 Å². The van der Waals surface area contributed by atoms with Crippen LogP contribution in [0.5, 0.6) is 11.5 Å². The number of ether oxygens (including phenoxy) is 2. The number of hydrogen-bond donors (Lipinski definition) is 2. The van der Waals surface area contributed by atoms with E-state index < -0.39 is 12.1 Å². The SMILES string of the molecule is CN1[C@@H](CN2C(=O)[C@@H]3CSSC[C@@H]2C(=O)N3C[C@H]2CS[C@@H]([C@@H]3COC(c4ccccc4O)=N3)N2C)CS[C@H]1[C@@H]1COC(c2ccccc2O)=N1. The predicted molar refractivity (Wildman–Crippen MR) is 200 cm³/mol. The molecule has 2 bridgehead atoms. The van der Waals surface area contributed by atoms with Gasteiger partial charge in [0, 0.05) is 48.2 Å². The van der Waals surface area contributed by atoms with Crippen molar-refractivity contribution in [1.82, 2.24) is 19.6 Å². The van der Waals surface area contributed by atoms with E-state index in [9.17, 15) is 19.8 Å². The molecule has 2 amide bonds. The van der Waals surface area contributed by atoms with Crippen LogP contribution in [0.1, 0.15) is 11.1 Å². The van der Waals surface area contributed by atoms with E-state index in [4.69, 9.17) is 19.5 Å². The minimum Gasteiger partial charge on any atom is -0.507 e. The fourth-order valence-electron chi connectivity index (χ4n) is 7.50. The quantitative estimate of drug-likeness (QED) is 0.385. The molecule has 266 valence electrons. The molecule has 0 radical (unpaired) electrons. The molecule has 7 aliphatic rings. The lowest BCUT2D eigenvalue weighted by atomic mass is 10.0. The Morgan fingerprint density at radius 1 is 0.680 bits per heavy atom. The van der Waals surface area contributed by atoms with Gasteiger partial charge in [0.1, 0.15) is 48.9 Å². The zero-order chi connectivity index (χ0) is 34.5. The lowest BCUT2D eigenvalue weighted by Gasteiger charge is -2.48. The lowest BCUT2D eigenvalue weighted by Crippen LogP contribution is -2.69. The topological polar surface area (TPSA) is 131 Å². The number of hydrogen-bond acceptors (Lipinski definition) is 14. The van der Waals surface area contributed by atoms with E-state index in [0.29, 0.717) is 60.7 Å². The van der Waals surface area contributed by atoms with E-state index in [1.165, 1.54) is 0 Å². The second kappa shape index (κ2) is 14.3. The van der Waals surface area contributed by atoms with Crippen LogP contribution in [-0.2, 0) is 19.1 Å². The van der Waals surface area contributed by atoms with Gasteiger partial charge in [0.25, 0.3) is 0 Å². The summed E-state index contributed by atoms with van der Waals surface area (Å²) < 4.78 is 11.8. The van der Waals surface area contributed by atoms with E-state index in [1.54, 1.807) is 81.5 Å². The van der Waals surface area contributed by atoms with E-state index in [1.807, 2.05) is 21.9 Å². The normalized spacial score (nSPS) is 33.3. The average Bonchev–Trinajstić information content (AvgIpc) is 3.92. The number of thioether (sulfide) groups is 2. The molecule has 12 nitrogen and oxygen atoms in total. The molecule has 2 aromatic carbocycles. The Morgan fingerprint density at radius 2 is 1.10 bits per heavy atom. The molecular weight excluding hydrogens is 717 g/mol. The Morgan fingerprint density at radius 3 is 1.52 bits per heavy atom. The van der Waals surface area contributed by atoms with Gasteiger partial charge in [-0.1, -0.05) is 45.9 Å². The number of nitrogens with zero attached hydrogens (tertiary/aromatic N) is 6. The molecule has 7 aliphatic heterocycles. The van der Waals surface area contributed by atoms with Crippen molar-refractivity contribution in [2.45, 2.75) is 47.0 Å². The number of phenols is 2. The third-order valence-corrected chi connectivity index (χ3v) is 15.9. The average molecular weight is 757 g/mol. The highest BCUT2D eigenvalue weighted by atomic mass is 33.1. The van der Waals surface area contributed by atoms with Crippen molar-refractivity contribution >= 4 is 68.7 Å². The number of carbonyl (C=O) groups excluding carboxylic acids is 2. The van der Waals surface area contributed by atoms with Crippen molar-refractivity contribution in [3.05, 3.63) is 59.7 Å². The summed E-state index contributed by atoms with van der Waals surface area (Å²) in [6, 6.07) is 13.1.